The molecule has 0 saturated carbocycles. The van der Waals surface area contributed by atoms with Crippen molar-refractivity contribution in [1.82, 2.24) is 50.4 Å². The lowest BCUT2D eigenvalue weighted by Crippen LogP contribution is -2.72. The minimum Gasteiger partial charge on any atom is -0.508 e. The van der Waals surface area contributed by atoms with Gasteiger partial charge in [0.15, 0.2) is 17.4 Å². The number of carbonyl (C=O) groups is 2. The van der Waals surface area contributed by atoms with Crippen LogP contribution in [-0.2, 0) is 16.0 Å². The molecular formula is C63H75FN12O6S. The van der Waals surface area contributed by atoms with E-state index in [9.17, 15) is 19.8 Å². The third-order valence-corrected chi connectivity index (χ3v) is 19.6. The number of piperidine rings is 1. The number of hydrogen-bond acceptors (Lipinski definition) is 17. The van der Waals surface area contributed by atoms with E-state index in [0.29, 0.717) is 53.7 Å². The third-order valence-electron chi connectivity index (χ3n) is 18.6. The fraction of sp³-hybridized carbons (Fsp3) is 0.508. The number of β-amino-alcohol motifs (C(OH)–C–C–N with tert-alkyl or cyclic N) is 1. The van der Waals surface area contributed by atoms with E-state index in [1.165, 1.54) is 4.90 Å². The fourth-order valence-electron chi connectivity index (χ4n) is 14.3. The van der Waals surface area contributed by atoms with Gasteiger partial charge >= 0.3 is 6.01 Å². The molecule has 18 nitrogen and oxygen atoms in total. The van der Waals surface area contributed by atoms with Gasteiger partial charge in [-0.2, -0.15) is 9.97 Å². The number of carbonyl (C=O) groups excluding carboxylic acids is 2. The van der Waals surface area contributed by atoms with Crippen molar-refractivity contribution in [3.8, 4) is 33.5 Å². The van der Waals surface area contributed by atoms with Crippen LogP contribution in [0.2, 0.25) is 0 Å². The van der Waals surface area contributed by atoms with Gasteiger partial charge in [-0.25, -0.2) is 9.37 Å². The highest BCUT2D eigenvalue weighted by Crippen LogP contribution is 2.44. The molecule has 436 valence electrons. The Kier molecular flexibility index (Phi) is 15.1. The number of aryl methyl sites for hydroxylation is 2. The minimum absolute atomic E-state index is 0.0480. The van der Waals surface area contributed by atoms with E-state index < -0.39 is 23.9 Å². The van der Waals surface area contributed by atoms with Crippen LogP contribution in [0.25, 0.3) is 43.4 Å². The largest absolute Gasteiger partial charge is 0.508 e. The smallest absolute Gasteiger partial charge is 0.319 e. The van der Waals surface area contributed by atoms with Gasteiger partial charge in [0.2, 0.25) is 11.8 Å². The molecule has 2 amide bonds. The lowest BCUT2D eigenvalue weighted by molar-refractivity contribution is -0.141. The Labute approximate surface area is 487 Å². The number of likely N-dealkylation sites (tertiary alicyclic amines) is 3. The molecule has 3 aromatic carbocycles. The lowest BCUT2D eigenvalue weighted by Gasteiger charge is -2.61. The van der Waals surface area contributed by atoms with Crippen LogP contribution in [0, 0.1) is 30.0 Å². The summed E-state index contributed by atoms with van der Waals surface area (Å²) < 4.78 is 29.4. The highest BCUT2D eigenvalue weighted by molar-refractivity contribution is 7.13. The molecule has 4 N–H and O–H groups in total. The van der Waals surface area contributed by atoms with E-state index in [1.54, 1.807) is 29.7 Å². The van der Waals surface area contributed by atoms with Crippen molar-refractivity contribution in [3.05, 3.63) is 101 Å². The number of thiazole rings is 1. The van der Waals surface area contributed by atoms with Crippen LogP contribution in [0.4, 0.5) is 16.0 Å². The highest BCUT2D eigenvalue weighted by Gasteiger charge is 2.53. The minimum atomic E-state index is -0.812. The van der Waals surface area contributed by atoms with Crippen LogP contribution >= 0.6 is 11.3 Å². The SMILES string of the molecule is CCc1cccc2cc(O)cc(-c3ncc4c(N5CC6CCC(C5)N6)nc(OCCN5CCC(CN6CC7(C6)CN(c6cc([C@H](C(=O)N8C[C@H](O)C[C@H]8C(=O)N[C@@H](C)c8ccc(-c9scnc9C)cc8)C(C)C)on6)C7)CC5)nc4c3F)c12. The highest BCUT2D eigenvalue weighted by atomic mass is 32.1. The van der Waals surface area contributed by atoms with Crippen LogP contribution in [0.15, 0.2) is 76.9 Å². The van der Waals surface area contributed by atoms with Gasteiger partial charge in [0.05, 0.1) is 33.6 Å². The number of fused-ring (bicyclic) bond motifs is 4. The molecule has 20 heteroatoms. The number of nitrogens with one attached hydrogen (secondary N) is 2. The lowest BCUT2D eigenvalue weighted by atomic mass is 9.72. The molecule has 0 aliphatic carbocycles. The maximum atomic E-state index is 17.1. The van der Waals surface area contributed by atoms with Gasteiger partial charge in [-0.3, -0.25) is 19.5 Å². The molecule has 6 aliphatic rings. The van der Waals surface area contributed by atoms with E-state index in [0.717, 1.165) is 135 Å². The molecule has 2 bridgehead atoms. The van der Waals surface area contributed by atoms with Crippen LogP contribution in [-0.4, -0.2) is 165 Å². The fourth-order valence-corrected chi connectivity index (χ4v) is 15.1. The zero-order valence-corrected chi connectivity index (χ0v) is 48.9. The molecule has 6 saturated heterocycles. The Morgan fingerprint density at radius 1 is 0.940 bits per heavy atom. The average Bonchev–Trinajstić information content (AvgIpc) is 4.49. The second-order valence-corrected chi connectivity index (χ2v) is 25.8. The Bertz CT molecular complexity index is 3530. The van der Waals surface area contributed by atoms with E-state index in [4.69, 9.17) is 24.2 Å². The van der Waals surface area contributed by atoms with Crippen molar-refractivity contribution in [2.45, 2.75) is 109 Å². The number of pyridine rings is 1. The summed E-state index contributed by atoms with van der Waals surface area (Å²) >= 11 is 1.60. The Hall–Kier alpha value is -6.84. The summed E-state index contributed by atoms with van der Waals surface area (Å²) in [5, 5.41) is 35.1. The number of aliphatic hydroxyl groups excluding tert-OH is 1. The number of benzene rings is 3. The number of phenolic OH excluding ortho intramolecular Hbond substituents is 1. The summed E-state index contributed by atoms with van der Waals surface area (Å²) in [5.41, 5.74) is 6.93. The van der Waals surface area contributed by atoms with Gasteiger partial charge in [0.1, 0.15) is 41.3 Å². The molecular weight excluding hydrogens is 1070 g/mol. The topological polar surface area (TPSA) is 202 Å². The molecule has 13 rings (SSSR count). The number of phenols is 1. The number of rotatable bonds is 17. The summed E-state index contributed by atoms with van der Waals surface area (Å²) in [4.78, 5) is 59.2. The summed E-state index contributed by atoms with van der Waals surface area (Å²) in [5.74, 6) is 0.591. The van der Waals surface area contributed by atoms with E-state index >= 15 is 4.39 Å². The predicted octanol–water partition coefficient (Wildman–Crippen LogP) is 8.10. The number of piperazine rings is 1. The summed E-state index contributed by atoms with van der Waals surface area (Å²) in [6.07, 6.45) is 6.17. The normalized spacial score (nSPS) is 22.6. The summed E-state index contributed by atoms with van der Waals surface area (Å²) in [6.45, 7) is 19.5. The molecule has 7 aromatic rings. The van der Waals surface area contributed by atoms with Crippen molar-refractivity contribution in [2.75, 3.05) is 88.4 Å². The Balaban J connectivity index is 0.589. The van der Waals surface area contributed by atoms with Crippen molar-refractivity contribution in [1.29, 1.82) is 0 Å². The number of aromatic hydroxyl groups is 1. The van der Waals surface area contributed by atoms with Crippen molar-refractivity contribution in [2.24, 2.45) is 17.3 Å². The second kappa shape index (κ2) is 22.6. The maximum absolute atomic E-state index is 17.1. The third kappa shape index (κ3) is 10.9. The predicted molar refractivity (Wildman–Crippen MR) is 318 cm³/mol. The van der Waals surface area contributed by atoms with Crippen LogP contribution in [0.3, 0.4) is 0 Å². The number of aliphatic hydroxyl groups is 1. The number of halogens is 1. The number of amides is 2. The van der Waals surface area contributed by atoms with Gasteiger partial charge in [-0.1, -0.05) is 68.4 Å². The molecule has 1 spiro atoms. The summed E-state index contributed by atoms with van der Waals surface area (Å²) in [6, 6.07) is 18.9. The monoisotopic (exact) mass is 1150 g/mol. The first-order valence-corrected chi connectivity index (χ1v) is 30.7. The average molecular weight is 1150 g/mol. The van der Waals surface area contributed by atoms with Gasteiger partial charge in [0.25, 0.3) is 0 Å². The van der Waals surface area contributed by atoms with Crippen molar-refractivity contribution < 1.29 is 33.5 Å². The van der Waals surface area contributed by atoms with E-state index in [2.05, 4.69) is 47.3 Å². The first-order chi connectivity index (χ1) is 40.2. The Morgan fingerprint density at radius 3 is 2.43 bits per heavy atom. The number of ether oxygens (including phenoxy) is 1. The molecule has 0 radical (unpaired) electrons. The molecule has 6 atom stereocenters. The van der Waals surface area contributed by atoms with Crippen LogP contribution in [0.1, 0.15) is 94.3 Å². The van der Waals surface area contributed by atoms with Crippen molar-refractivity contribution >= 4 is 56.5 Å². The molecule has 6 aliphatic heterocycles. The molecule has 6 fully saturated rings. The quantitative estimate of drug-likeness (QED) is 0.0681. The summed E-state index contributed by atoms with van der Waals surface area (Å²) in [7, 11) is 0. The first kappa shape index (κ1) is 55.4. The van der Waals surface area contributed by atoms with Crippen molar-refractivity contribution in [3.63, 3.8) is 0 Å². The number of nitrogens with zero attached hydrogens (tertiary/aromatic N) is 10. The van der Waals surface area contributed by atoms with Gasteiger partial charge in [-0.15, -0.1) is 11.3 Å². The van der Waals surface area contributed by atoms with Crippen LogP contribution < -0.4 is 25.2 Å². The Morgan fingerprint density at radius 2 is 1.71 bits per heavy atom. The van der Waals surface area contributed by atoms with Crippen LogP contribution in [0.5, 0.6) is 11.8 Å². The first-order valence-electron chi connectivity index (χ1n) is 29.9. The van der Waals surface area contributed by atoms with E-state index in [1.807, 2.05) is 81.7 Å². The number of anilines is 2. The van der Waals surface area contributed by atoms with E-state index in [-0.39, 0.29) is 65.1 Å². The second-order valence-electron chi connectivity index (χ2n) is 24.9. The van der Waals surface area contributed by atoms with Gasteiger partial charge in [0, 0.05) is 101 Å². The molecule has 4 aromatic heterocycles. The molecule has 10 heterocycles. The zero-order valence-electron chi connectivity index (χ0n) is 48.1. The zero-order chi connectivity index (χ0) is 57.3. The van der Waals surface area contributed by atoms with Gasteiger partial charge in [-0.05, 0) is 110 Å². The molecule has 2 unspecified atom stereocenters. The number of hydrogen-bond donors (Lipinski definition) is 4. The molecule has 83 heavy (non-hydrogen) atoms. The maximum Gasteiger partial charge on any atom is 0.319 e. The standard InChI is InChI=1S/C63H75FN12O6S/c1-6-40-8-7-9-43-22-46(77)23-48(54(40)43)56-55(64)57-49(26-65-56)59(74-28-44-14-15-45(29-74)68-44)70-62(69-57)81-21-20-72-18-16-39(17-19-72)27-73-31-63(32-73)33-75(34-63)52-25-51(82-71-52)53(36(2)3)61(80)76-30-47(78)24-50(76)60(79)67-37(4)41-10-12-42(13-11-41)58-38(5)66-35-83-58/h7-13,22-23,25-26,35-37,39,44-45,47,50,53,68,77-78H,6,14-21,24,27-34H2,1-5H3,(H,67,79)/t37-,44?,45?,47+,50-,53+/m0/s1. The number of aromatic nitrogens is 5. The van der Waals surface area contributed by atoms with Gasteiger partial charge < -0.3 is 49.7 Å².